The van der Waals surface area contributed by atoms with Gasteiger partial charge in [0, 0.05) is 31.0 Å². The molecule has 0 atom stereocenters. The van der Waals surface area contributed by atoms with Crippen LogP contribution in [0.2, 0.25) is 0 Å². The molecule has 0 unspecified atom stereocenters. The molecule has 0 saturated carbocycles. The number of ether oxygens (including phenoxy) is 1. The van der Waals surface area contributed by atoms with Crippen molar-refractivity contribution in [3.05, 3.63) is 84.7 Å². The monoisotopic (exact) mass is 304 g/mol. The van der Waals surface area contributed by atoms with E-state index >= 15 is 0 Å². The van der Waals surface area contributed by atoms with Crippen LogP contribution in [0.3, 0.4) is 0 Å². The van der Waals surface area contributed by atoms with Gasteiger partial charge in [0.25, 0.3) is 0 Å². The maximum absolute atomic E-state index is 5.66. The van der Waals surface area contributed by atoms with Gasteiger partial charge in [0.2, 0.25) is 0 Å². The zero-order valence-electron chi connectivity index (χ0n) is 13.0. The molecule has 3 rings (SSSR count). The zero-order valence-corrected chi connectivity index (χ0v) is 13.0. The number of hydrogen-bond acceptors (Lipinski definition) is 3. The quantitative estimate of drug-likeness (QED) is 0.672. The van der Waals surface area contributed by atoms with E-state index in [1.807, 2.05) is 60.9 Å². The van der Waals surface area contributed by atoms with Crippen LogP contribution in [0.15, 0.2) is 79.1 Å². The standard InChI is InChI=1S/C20H20N2O/c1-3-7-18(8-4-1)19-13-17(15-22-16-19)14-21-11-12-23-20-9-5-2-6-10-20/h1-10,13,15-16,21H,11-12,14H2. The number of hydrogen-bond donors (Lipinski definition) is 1. The average Bonchev–Trinajstić information content (AvgIpc) is 2.63. The van der Waals surface area contributed by atoms with Crippen molar-refractivity contribution >= 4 is 0 Å². The van der Waals surface area contributed by atoms with Crippen LogP contribution in [0.4, 0.5) is 0 Å². The van der Waals surface area contributed by atoms with Crippen LogP contribution in [0, 0.1) is 0 Å². The highest BCUT2D eigenvalue weighted by atomic mass is 16.5. The topological polar surface area (TPSA) is 34.1 Å². The van der Waals surface area contributed by atoms with Gasteiger partial charge in [-0.25, -0.2) is 0 Å². The van der Waals surface area contributed by atoms with Gasteiger partial charge in [-0.3, -0.25) is 4.98 Å². The van der Waals surface area contributed by atoms with Crippen LogP contribution in [-0.4, -0.2) is 18.1 Å². The third kappa shape index (κ3) is 4.66. The third-order valence-electron chi connectivity index (χ3n) is 3.52. The van der Waals surface area contributed by atoms with Crippen molar-refractivity contribution in [3.8, 4) is 16.9 Å². The summed E-state index contributed by atoms with van der Waals surface area (Å²) in [6.07, 6.45) is 3.80. The lowest BCUT2D eigenvalue weighted by atomic mass is 10.1. The van der Waals surface area contributed by atoms with E-state index < -0.39 is 0 Å². The summed E-state index contributed by atoms with van der Waals surface area (Å²) in [6, 6.07) is 22.3. The smallest absolute Gasteiger partial charge is 0.119 e. The summed E-state index contributed by atoms with van der Waals surface area (Å²) in [5.41, 5.74) is 3.51. The van der Waals surface area contributed by atoms with Crippen molar-refractivity contribution in [2.75, 3.05) is 13.2 Å². The Kier molecular flexibility index (Phi) is 5.38. The lowest BCUT2D eigenvalue weighted by molar-refractivity contribution is 0.313. The molecule has 3 aromatic rings. The van der Waals surface area contributed by atoms with Gasteiger partial charge in [0.1, 0.15) is 12.4 Å². The molecule has 0 saturated heterocycles. The van der Waals surface area contributed by atoms with E-state index in [0.29, 0.717) is 6.61 Å². The first-order valence-electron chi connectivity index (χ1n) is 7.80. The summed E-state index contributed by atoms with van der Waals surface area (Å²) in [6.45, 7) is 2.23. The second kappa shape index (κ2) is 8.11. The van der Waals surface area contributed by atoms with E-state index in [4.69, 9.17) is 4.74 Å². The fourth-order valence-corrected chi connectivity index (χ4v) is 2.36. The van der Waals surface area contributed by atoms with E-state index in [9.17, 15) is 0 Å². The number of nitrogens with zero attached hydrogens (tertiary/aromatic N) is 1. The molecule has 23 heavy (non-hydrogen) atoms. The fourth-order valence-electron chi connectivity index (χ4n) is 2.36. The number of rotatable bonds is 7. The molecule has 0 spiro atoms. The zero-order chi connectivity index (χ0) is 15.7. The minimum atomic E-state index is 0.649. The molecule has 116 valence electrons. The molecule has 1 aromatic heterocycles. The first-order chi connectivity index (χ1) is 11.4. The molecule has 0 aliphatic rings. The summed E-state index contributed by atoms with van der Waals surface area (Å²) in [5.74, 6) is 0.905. The Morgan fingerprint density at radius 1 is 0.826 bits per heavy atom. The van der Waals surface area contributed by atoms with E-state index in [2.05, 4.69) is 28.5 Å². The van der Waals surface area contributed by atoms with Crippen LogP contribution >= 0.6 is 0 Å². The van der Waals surface area contributed by atoms with Crippen LogP contribution < -0.4 is 10.1 Å². The SMILES string of the molecule is c1ccc(OCCNCc2cncc(-c3ccccc3)c2)cc1. The van der Waals surface area contributed by atoms with Crippen molar-refractivity contribution in [2.24, 2.45) is 0 Å². The van der Waals surface area contributed by atoms with Crippen LogP contribution in [0.1, 0.15) is 5.56 Å². The van der Waals surface area contributed by atoms with Gasteiger partial charge in [-0.05, 0) is 29.3 Å². The molecule has 1 N–H and O–H groups in total. The maximum Gasteiger partial charge on any atom is 0.119 e. The summed E-state index contributed by atoms with van der Waals surface area (Å²) < 4.78 is 5.66. The third-order valence-corrected chi connectivity index (χ3v) is 3.52. The van der Waals surface area contributed by atoms with Gasteiger partial charge in [-0.1, -0.05) is 48.5 Å². The minimum Gasteiger partial charge on any atom is -0.492 e. The highest BCUT2D eigenvalue weighted by molar-refractivity contribution is 5.62. The summed E-state index contributed by atoms with van der Waals surface area (Å²) >= 11 is 0. The molecule has 2 aromatic carbocycles. The van der Waals surface area contributed by atoms with Crippen LogP contribution in [-0.2, 0) is 6.54 Å². The summed E-state index contributed by atoms with van der Waals surface area (Å²) in [7, 11) is 0. The number of aromatic nitrogens is 1. The summed E-state index contributed by atoms with van der Waals surface area (Å²) in [5, 5.41) is 3.39. The second-order valence-corrected chi connectivity index (χ2v) is 5.29. The Labute approximate surface area is 137 Å². The molecule has 0 radical (unpaired) electrons. The minimum absolute atomic E-state index is 0.649. The molecular weight excluding hydrogens is 284 g/mol. The van der Waals surface area contributed by atoms with Gasteiger partial charge < -0.3 is 10.1 Å². The Morgan fingerprint density at radius 2 is 1.57 bits per heavy atom. The van der Waals surface area contributed by atoms with Crippen molar-refractivity contribution in [1.82, 2.24) is 10.3 Å². The lowest BCUT2D eigenvalue weighted by Gasteiger charge is -2.08. The van der Waals surface area contributed by atoms with Crippen molar-refractivity contribution in [1.29, 1.82) is 0 Å². The molecule has 3 nitrogen and oxygen atoms in total. The van der Waals surface area contributed by atoms with Gasteiger partial charge in [0.05, 0.1) is 0 Å². The number of benzene rings is 2. The predicted octanol–water partition coefficient (Wildman–Crippen LogP) is 3.92. The lowest BCUT2D eigenvalue weighted by Crippen LogP contribution is -2.20. The van der Waals surface area contributed by atoms with E-state index in [1.54, 1.807) is 0 Å². The highest BCUT2D eigenvalue weighted by Crippen LogP contribution is 2.18. The van der Waals surface area contributed by atoms with E-state index in [-0.39, 0.29) is 0 Å². The number of nitrogens with one attached hydrogen (secondary N) is 1. The fraction of sp³-hybridized carbons (Fsp3) is 0.150. The van der Waals surface area contributed by atoms with Gasteiger partial charge in [-0.15, -0.1) is 0 Å². The van der Waals surface area contributed by atoms with Crippen LogP contribution in [0.5, 0.6) is 5.75 Å². The van der Waals surface area contributed by atoms with Crippen LogP contribution in [0.25, 0.3) is 11.1 Å². The Hall–Kier alpha value is -2.65. The predicted molar refractivity (Wildman–Crippen MR) is 93.3 cm³/mol. The molecule has 0 aliphatic heterocycles. The molecule has 3 heteroatoms. The molecular formula is C20H20N2O. The first-order valence-corrected chi connectivity index (χ1v) is 7.80. The van der Waals surface area contributed by atoms with Gasteiger partial charge in [0.15, 0.2) is 0 Å². The highest BCUT2D eigenvalue weighted by Gasteiger charge is 2.00. The Balaban J connectivity index is 1.47. The van der Waals surface area contributed by atoms with Crippen molar-refractivity contribution in [2.45, 2.75) is 6.54 Å². The summed E-state index contributed by atoms with van der Waals surface area (Å²) in [4.78, 5) is 4.34. The molecule has 0 bridgehead atoms. The average molecular weight is 304 g/mol. The molecule has 0 amide bonds. The van der Waals surface area contributed by atoms with E-state index in [1.165, 1.54) is 11.1 Å². The first kappa shape index (κ1) is 15.3. The number of pyridine rings is 1. The number of para-hydroxylation sites is 1. The molecule has 1 heterocycles. The Morgan fingerprint density at radius 3 is 2.35 bits per heavy atom. The van der Waals surface area contributed by atoms with Gasteiger partial charge in [-0.2, -0.15) is 0 Å². The normalized spacial score (nSPS) is 10.4. The van der Waals surface area contributed by atoms with E-state index in [0.717, 1.165) is 24.4 Å². The molecule has 0 aliphatic carbocycles. The van der Waals surface area contributed by atoms with Crippen molar-refractivity contribution in [3.63, 3.8) is 0 Å². The van der Waals surface area contributed by atoms with Gasteiger partial charge >= 0.3 is 0 Å². The second-order valence-electron chi connectivity index (χ2n) is 5.29. The maximum atomic E-state index is 5.66. The molecule has 0 fully saturated rings. The Bertz CT molecular complexity index is 714. The largest absolute Gasteiger partial charge is 0.492 e. The van der Waals surface area contributed by atoms with Crippen molar-refractivity contribution < 1.29 is 4.74 Å².